The number of carbonyl (C=O) groups is 2. The number of esters is 1. The van der Waals surface area contributed by atoms with E-state index in [0.717, 1.165) is 6.42 Å². The monoisotopic (exact) mass is 254 g/mol. The van der Waals surface area contributed by atoms with Crippen molar-refractivity contribution in [1.82, 2.24) is 9.80 Å². The highest BCUT2D eigenvalue weighted by atomic mass is 16.5. The number of amides is 1. The lowest BCUT2D eigenvalue weighted by atomic mass is 10.1. The predicted molar refractivity (Wildman–Crippen MR) is 63.4 cm³/mol. The fraction of sp³-hybridized carbons (Fsp3) is 0.667. The van der Waals surface area contributed by atoms with E-state index in [-0.39, 0.29) is 24.7 Å². The number of hydrogen-bond acceptors (Lipinski definition) is 5. The zero-order chi connectivity index (χ0) is 13.1. The smallest absolute Gasteiger partial charge is 0.331 e. The molecule has 2 atom stereocenters. The molecule has 0 N–H and O–H groups in total. The summed E-state index contributed by atoms with van der Waals surface area (Å²) in [5.41, 5.74) is 0. The molecule has 1 amide bonds. The Bertz CT molecular complexity index is 369. The van der Waals surface area contributed by atoms with Crippen molar-refractivity contribution in [3.63, 3.8) is 0 Å². The Kier molecular flexibility index (Phi) is 3.86. The van der Waals surface area contributed by atoms with Gasteiger partial charge < -0.3 is 19.3 Å². The molecule has 0 aliphatic carbocycles. The van der Waals surface area contributed by atoms with E-state index < -0.39 is 5.97 Å². The molecule has 0 bridgehead atoms. The van der Waals surface area contributed by atoms with Crippen LogP contribution in [0.5, 0.6) is 0 Å². The molecule has 2 rings (SSSR count). The maximum atomic E-state index is 12.0. The summed E-state index contributed by atoms with van der Waals surface area (Å²) < 4.78 is 10.1. The van der Waals surface area contributed by atoms with Crippen LogP contribution in [0.15, 0.2) is 12.3 Å². The average Bonchev–Trinajstić information content (AvgIpc) is 2.35. The molecule has 2 aliphatic rings. The Labute approximate surface area is 106 Å². The van der Waals surface area contributed by atoms with Gasteiger partial charge in [0.15, 0.2) is 0 Å². The highest BCUT2D eigenvalue weighted by molar-refractivity contribution is 5.82. The van der Waals surface area contributed by atoms with Crippen LogP contribution >= 0.6 is 0 Å². The van der Waals surface area contributed by atoms with Gasteiger partial charge in [-0.3, -0.25) is 4.79 Å². The number of fused-ring (bicyclic) bond motifs is 1. The fourth-order valence-electron chi connectivity index (χ4n) is 2.29. The van der Waals surface area contributed by atoms with Gasteiger partial charge in [0, 0.05) is 18.3 Å². The van der Waals surface area contributed by atoms with Gasteiger partial charge in [-0.1, -0.05) is 0 Å². The van der Waals surface area contributed by atoms with E-state index in [0.29, 0.717) is 13.2 Å². The minimum Gasteiger partial charge on any atom is -0.466 e. The van der Waals surface area contributed by atoms with Crippen LogP contribution in [0.1, 0.15) is 13.3 Å². The van der Waals surface area contributed by atoms with Crippen molar-refractivity contribution in [3.05, 3.63) is 12.3 Å². The zero-order valence-electron chi connectivity index (χ0n) is 10.7. The molecular formula is C12H18N2O4. The lowest BCUT2D eigenvalue weighted by molar-refractivity contribution is -0.175. The van der Waals surface area contributed by atoms with E-state index in [4.69, 9.17) is 4.74 Å². The number of hydrogen-bond donors (Lipinski definition) is 0. The van der Waals surface area contributed by atoms with Crippen molar-refractivity contribution in [1.29, 1.82) is 0 Å². The second-order valence-electron chi connectivity index (χ2n) is 4.53. The van der Waals surface area contributed by atoms with Crippen LogP contribution in [-0.4, -0.2) is 60.8 Å². The summed E-state index contributed by atoms with van der Waals surface area (Å²) in [4.78, 5) is 26.6. The molecule has 0 spiro atoms. The lowest BCUT2D eigenvalue weighted by Crippen LogP contribution is -2.61. The van der Waals surface area contributed by atoms with Gasteiger partial charge in [0.05, 0.1) is 26.8 Å². The van der Waals surface area contributed by atoms with Crippen LogP contribution in [-0.2, 0) is 19.1 Å². The van der Waals surface area contributed by atoms with Gasteiger partial charge in [-0.2, -0.15) is 0 Å². The molecule has 2 fully saturated rings. The normalized spacial score (nSPS) is 28.4. The van der Waals surface area contributed by atoms with Gasteiger partial charge in [-0.25, -0.2) is 4.79 Å². The first-order valence-corrected chi connectivity index (χ1v) is 6.05. The molecule has 0 aromatic heterocycles. The molecule has 0 radical (unpaired) electrons. The van der Waals surface area contributed by atoms with Gasteiger partial charge in [0.25, 0.3) is 0 Å². The van der Waals surface area contributed by atoms with Gasteiger partial charge in [-0.05, 0) is 13.3 Å². The summed E-state index contributed by atoms with van der Waals surface area (Å²) in [5, 5.41) is 0. The van der Waals surface area contributed by atoms with Crippen LogP contribution < -0.4 is 0 Å². The summed E-state index contributed by atoms with van der Waals surface area (Å²) >= 11 is 0. The number of nitrogens with zero attached hydrogens (tertiary/aromatic N) is 2. The lowest BCUT2D eigenvalue weighted by Gasteiger charge is -2.46. The molecule has 18 heavy (non-hydrogen) atoms. The summed E-state index contributed by atoms with van der Waals surface area (Å²) in [6, 6.07) is 0.225. The third-order valence-corrected chi connectivity index (χ3v) is 3.27. The molecule has 0 unspecified atom stereocenters. The minimum absolute atomic E-state index is 0.0352. The Balaban J connectivity index is 2.01. The molecule has 2 saturated heterocycles. The zero-order valence-corrected chi connectivity index (χ0v) is 10.7. The molecule has 2 aliphatic heterocycles. The van der Waals surface area contributed by atoms with E-state index in [1.807, 2.05) is 6.92 Å². The Morgan fingerprint density at radius 2 is 2.33 bits per heavy atom. The van der Waals surface area contributed by atoms with Crippen molar-refractivity contribution in [2.45, 2.75) is 25.6 Å². The van der Waals surface area contributed by atoms with E-state index >= 15 is 0 Å². The molecule has 2 heterocycles. The standard InChI is InChI=1S/C12H18N2O4/c1-9-4-6-18-11-8-13(5-3-12(16)17-2)7-10(15)14(9)11/h3,5,9,11H,4,6-8H2,1-2H3/b5-3+/t9-,11+/m1/s1. The highest BCUT2D eigenvalue weighted by Crippen LogP contribution is 2.22. The first-order chi connectivity index (χ1) is 8.61. The molecule has 100 valence electrons. The topological polar surface area (TPSA) is 59.1 Å². The summed E-state index contributed by atoms with van der Waals surface area (Å²) in [5.74, 6) is -0.393. The van der Waals surface area contributed by atoms with Crippen LogP contribution in [0.25, 0.3) is 0 Å². The molecule has 0 saturated carbocycles. The SMILES string of the molecule is COC(=O)/C=C/N1CC(=O)N2[C@H](C)CCO[C@H]2C1. The molecular weight excluding hydrogens is 236 g/mol. The molecule has 6 heteroatoms. The van der Waals surface area contributed by atoms with Gasteiger partial charge in [0.2, 0.25) is 5.91 Å². The number of carbonyl (C=O) groups excluding carboxylic acids is 2. The predicted octanol–water partition coefficient (Wildman–Crippen LogP) is -0.0478. The van der Waals surface area contributed by atoms with E-state index in [1.54, 1.807) is 16.0 Å². The third-order valence-electron chi connectivity index (χ3n) is 3.27. The molecule has 6 nitrogen and oxygen atoms in total. The largest absolute Gasteiger partial charge is 0.466 e. The summed E-state index contributed by atoms with van der Waals surface area (Å²) in [6.45, 7) is 3.57. The quantitative estimate of drug-likeness (QED) is 0.511. The number of ether oxygens (including phenoxy) is 2. The maximum absolute atomic E-state index is 12.0. The van der Waals surface area contributed by atoms with Gasteiger partial charge >= 0.3 is 5.97 Å². The number of rotatable bonds is 2. The minimum atomic E-state index is -0.428. The fourth-order valence-corrected chi connectivity index (χ4v) is 2.29. The van der Waals surface area contributed by atoms with Crippen LogP contribution in [0.3, 0.4) is 0 Å². The van der Waals surface area contributed by atoms with E-state index in [1.165, 1.54) is 13.2 Å². The first kappa shape index (κ1) is 12.9. The van der Waals surface area contributed by atoms with Crippen molar-refractivity contribution < 1.29 is 19.1 Å². The average molecular weight is 254 g/mol. The summed E-state index contributed by atoms with van der Waals surface area (Å²) in [7, 11) is 1.32. The molecule has 0 aromatic carbocycles. The number of piperazine rings is 1. The van der Waals surface area contributed by atoms with Crippen molar-refractivity contribution >= 4 is 11.9 Å². The Morgan fingerprint density at radius 3 is 3.06 bits per heavy atom. The van der Waals surface area contributed by atoms with E-state index in [9.17, 15) is 9.59 Å². The van der Waals surface area contributed by atoms with Crippen molar-refractivity contribution in [2.24, 2.45) is 0 Å². The van der Waals surface area contributed by atoms with Gasteiger partial charge in [-0.15, -0.1) is 0 Å². The second-order valence-corrected chi connectivity index (χ2v) is 4.53. The highest BCUT2D eigenvalue weighted by Gasteiger charge is 2.37. The Hall–Kier alpha value is -1.56. The van der Waals surface area contributed by atoms with Crippen LogP contribution in [0.4, 0.5) is 0 Å². The maximum Gasteiger partial charge on any atom is 0.331 e. The Morgan fingerprint density at radius 1 is 1.56 bits per heavy atom. The summed E-state index contributed by atoms with van der Waals surface area (Å²) in [6.07, 6.45) is 3.57. The molecule has 0 aromatic rings. The second kappa shape index (κ2) is 5.39. The van der Waals surface area contributed by atoms with Crippen molar-refractivity contribution in [3.8, 4) is 0 Å². The van der Waals surface area contributed by atoms with Crippen LogP contribution in [0, 0.1) is 0 Å². The van der Waals surface area contributed by atoms with Crippen molar-refractivity contribution in [2.75, 3.05) is 26.8 Å². The first-order valence-electron chi connectivity index (χ1n) is 6.05. The third kappa shape index (κ3) is 2.64. The van der Waals surface area contributed by atoms with Gasteiger partial charge in [0.1, 0.15) is 6.23 Å². The number of methoxy groups -OCH3 is 1. The van der Waals surface area contributed by atoms with E-state index in [2.05, 4.69) is 4.74 Å². The van der Waals surface area contributed by atoms with Crippen LogP contribution in [0.2, 0.25) is 0 Å².